The zero-order valence-corrected chi connectivity index (χ0v) is 12.8. The van der Waals surface area contributed by atoms with Crippen LogP contribution >= 0.6 is 0 Å². The highest BCUT2D eigenvalue weighted by molar-refractivity contribution is 7.89. The Hall–Kier alpha value is -0.910. The summed E-state index contributed by atoms with van der Waals surface area (Å²) in [5.74, 6) is 0.422. The molecule has 4 nitrogen and oxygen atoms in total. The maximum absolute atomic E-state index is 12.3. The molecule has 0 aromatic heterocycles. The van der Waals surface area contributed by atoms with Crippen molar-refractivity contribution in [2.75, 3.05) is 13.7 Å². The Balaban J connectivity index is 3.03. The molecule has 0 aliphatic heterocycles. The van der Waals surface area contributed by atoms with Crippen molar-refractivity contribution >= 4 is 10.0 Å². The molecular formula is C14H23NO3S. The van der Waals surface area contributed by atoms with Gasteiger partial charge in [0.25, 0.3) is 0 Å². The van der Waals surface area contributed by atoms with Gasteiger partial charge in [-0.05, 0) is 37.0 Å². The number of aliphatic hydroxyl groups is 1. The molecular weight excluding hydrogens is 262 g/mol. The van der Waals surface area contributed by atoms with Gasteiger partial charge in [0.15, 0.2) is 0 Å². The molecule has 1 aromatic carbocycles. The van der Waals surface area contributed by atoms with E-state index in [9.17, 15) is 8.42 Å². The lowest BCUT2D eigenvalue weighted by molar-refractivity contribution is 0.214. The van der Waals surface area contributed by atoms with Crippen LogP contribution in [-0.4, -0.2) is 37.5 Å². The summed E-state index contributed by atoms with van der Waals surface area (Å²) in [5.41, 5.74) is 1.14. The van der Waals surface area contributed by atoms with E-state index < -0.39 is 16.1 Å². The van der Waals surface area contributed by atoms with Gasteiger partial charge in [0.2, 0.25) is 10.0 Å². The molecule has 2 atom stereocenters. The summed E-state index contributed by atoms with van der Waals surface area (Å²) >= 11 is 0. The zero-order chi connectivity index (χ0) is 14.6. The van der Waals surface area contributed by atoms with Gasteiger partial charge < -0.3 is 5.11 Å². The summed E-state index contributed by atoms with van der Waals surface area (Å²) < 4.78 is 25.8. The highest BCUT2D eigenvalue weighted by atomic mass is 32.2. The monoisotopic (exact) mass is 285 g/mol. The molecule has 19 heavy (non-hydrogen) atoms. The topological polar surface area (TPSA) is 57.6 Å². The van der Waals surface area contributed by atoms with Gasteiger partial charge in [-0.1, -0.05) is 26.0 Å². The van der Waals surface area contributed by atoms with Gasteiger partial charge in [0.05, 0.1) is 11.5 Å². The molecule has 5 heteroatoms. The number of hydrogen-bond acceptors (Lipinski definition) is 3. The normalized spacial score (nSPS) is 15.5. The third-order valence-corrected chi connectivity index (χ3v) is 5.61. The van der Waals surface area contributed by atoms with Crippen LogP contribution in [0.15, 0.2) is 29.2 Å². The van der Waals surface area contributed by atoms with Crippen LogP contribution in [-0.2, 0) is 10.0 Å². The van der Waals surface area contributed by atoms with E-state index in [1.165, 1.54) is 11.4 Å². The fraction of sp³-hybridized carbons (Fsp3) is 0.571. The van der Waals surface area contributed by atoms with Crippen LogP contribution < -0.4 is 0 Å². The fourth-order valence-electron chi connectivity index (χ4n) is 1.72. The average molecular weight is 285 g/mol. The first-order chi connectivity index (χ1) is 8.84. The smallest absolute Gasteiger partial charge is 0.243 e. The average Bonchev–Trinajstić information content (AvgIpc) is 2.44. The van der Waals surface area contributed by atoms with Crippen molar-refractivity contribution in [3.8, 4) is 0 Å². The molecule has 108 valence electrons. The summed E-state index contributed by atoms with van der Waals surface area (Å²) in [6.07, 6.45) is 1.02. The van der Waals surface area contributed by atoms with Gasteiger partial charge in [-0.2, -0.15) is 4.31 Å². The molecule has 0 saturated heterocycles. The standard InChI is InChI=1S/C14H23NO3S/c1-5-11(2)13-6-8-14(9-7-13)19(17,18)15(4)12(3)10-16/h6-9,11-12,16H,5,10H2,1-4H3. The molecule has 0 saturated carbocycles. The number of rotatable bonds is 6. The quantitative estimate of drug-likeness (QED) is 0.871. The van der Waals surface area contributed by atoms with Crippen LogP contribution in [0.1, 0.15) is 38.7 Å². The summed E-state index contributed by atoms with van der Waals surface area (Å²) in [7, 11) is -2.04. The number of hydrogen-bond donors (Lipinski definition) is 1. The summed E-state index contributed by atoms with van der Waals surface area (Å²) in [4.78, 5) is 0.266. The van der Waals surface area contributed by atoms with Gasteiger partial charge in [-0.15, -0.1) is 0 Å². The fourth-order valence-corrected chi connectivity index (χ4v) is 3.08. The van der Waals surface area contributed by atoms with E-state index in [1.54, 1.807) is 19.1 Å². The lowest BCUT2D eigenvalue weighted by Gasteiger charge is -2.22. The van der Waals surface area contributed by atoms with Crippen LogP contribution in [0.5, 0.6) is 0 Å². The van der Waals surface area contributed by atoms with Crippen LogP contribution in [0.25, 0.3) is 0 Å². The van der Waals surface area contributed by atoms with Gasteiger partial charge in [0.1, 0.15) is 0 Å². The van der Waals surface area contributed by atoms with E-state index in [4.69, 9.17) is 5.11 Å². The molecule has 0 spiro atoms. The predicted molar refractivity (Wildman–Crippen MR) is 76.6 cm³/mol. The first kappa shape index (κ1) is 16.1. The Labute approximate surface area is 116 Å². The Morgan fingerprint density at radius 3 is 2.16 bits per heavy atom. The first-order valence-electron chi connectivity index (χ1n) is 6.53. The summed E-state index contributed by atoms with van der Waals surface area (Å²) in [6.45, 7) is 5.70. The molecule has 0 heterocycles. The highest BCUT2D eigenvalue weighted by Gasteiger charge is 2.24. The van der Waals surface area contributed by atoms with Crippen LogP contribution in [0.3, 0.4) is 0 Å². The molecule has 1 aromatic rings. The van der Waals surface area contributed by atoms with E-state index in [1.807, 2.05) is 12.1 Å². The highest BCUT2D eigenvalue weighted by Crippen LogP contribution is 2.22. The molecule has 1 N–H and O–H groups in total. The molecule has 0 aliphatic rings. The number of aliphatic hydroxyl groups excluding tert-OH is 1. The van der Waals surface area contributed by atoms with Gasteiger partial charge in [-0.3, -0.25) is 0 Å². The lowest BCUT2D eigenvalue weighted by atomic mass is 9.99. The third kappa shape index (κ3) is 3.55. The molecule has 0 fully saturated rings. The molecule has 0 radical (unpaired) electrons. The summed E-state index contributed by atoms with van der Waals surface area (Å²) in [5, 5.41) is 9.06. The first-order valence-corrected chi connectivity index (χ1v) is 7.97. The van der Waals surface area contributed by atoms with Crippen molar-refractivity contribution in [2.24, 2.45) is 0 Å². The second-order valence-electron chi connectivity index (χ2n) is 4.93. The zero-order valence-electron chi connectivity index (χ0n) is 12.0. The summed E-state index contributed by atoms with van der Waals surface area (Å²) in [6, 6.07) is 6.56. The van der Waals surface area contributed by atoms with Crippen LogP contribution in [0.2, 0.25) is 0 Å². The minimum Gasteiger partial charge on any atom is -0.395 e. The van der Waals surface area contributed by atoms with Crippen LogP contribution in [0, 0.1) is 0 Å². The van der Waals surface area contributed by atoms with Crippen LogP contribution in [0.4, 0.5) is 0 Å². The van der Waals surface area contributed by atoms with Gasteiger partial charge in [0, 0.05) is 13.1 Å². The van der Waals surface area contributed by atoms with Crippen molar-refractivity contribution in [3.63, 3.8) is 0 Å². The van der Waals surface area contributed by atoms with Crippen molar-refractivity contribution < 1.29 is 13.5 Å². The SMILES string of the molecule is CCC(C)c1ccc(S(=O)(=O)N(C)C(C)CO)cc1. The van der Waals surface area contributed by atoms with Crippen molar-refractivity contribution in [2.45, 2.75) is 44.0 Å². The van der Waals surface area contributed by atoms with E-state index >= 15 is 0 Å². The Bertz CT molecular complexity index is 496. The molecule has 0 aliphatic carbocycles. The third-order valence-electron chi connectivity index (χ3n) is 3.62. The van der Waals surface area contributed by atoms with Gasteiger partial charge >= 0.3 is 0 Å². The Morgan fingerprint density at radius 2 is 1.74 bits per heavy atom. The van der Waals surface area contributed by atoms with E-state index in [2.05, 4.69) is 13.8 Å². The molecule has 2 unspecified atom stereocenters. The lowest BCUT2D eigenvalue weighted by Crippen LogP contribution is -2.37. The maximum atomic E-state index is 12.3. The van der Waals surface area contributed by atoms with Crippen molar-refractivity contribution in [3.05, 3.63) is 29.8 Å². The second kappa shape index (κ2) is 6.50. The molecule has 0 amide bonds. The Morgan fingerprint density at radius 1 is 1.21 bits per heavy atom. The number of benzene rings is 1. The number of likely N-dealkylation sites (N-methyl/N-ethyl adjacent to an activating group) is 1. The largest absolute Gasteiger partial charge is 0.395 e. The van der Waals surface area contributed by atoms with E-state index in [-0.39, 0.29) is 11.5 Å². The maximum Gasteiger partial charge on any atom is 0.243 e. The molecule has 0 bridgehead atoms. The number of nitrogens with zero attached hydrogens (tertiary/aromatic N) is 1. The second-order valence-corrected chi connectivity index (χ2v) is 6.93. The van der Waals surface area contributed by atoms with Crippen molar-refractivity contribution in [1.82, 2.24) is 4.31 Å². The molecule has 1 rings (SSSR count). The van der Waals surface area contributed by atoms with Crippen molar-refractivity contribution in [1.29, 1.82) is 0 Å². The Kier molecular flexibility index (Phi) is 5.52. The number of sulfonamides is 1. The minimum atomic E-state index is -3.53. The minimum absolute atomic E-state index is 0.194. The van der Waals surface area contributed by atoms with E-state index in [0.717, 1.165) is 12.0 Å². The van der Waals surface area contributed by atoms with E-state index in [0.29, 0.717) is 5.92 Å². The van der Waals surface area contributed by atoms with Gasteiger partial charge in [-0.25, -0.2) is 8.42 Å². The predicted octanol–water partition coefficient (Wildman–Crippen LogP) is 2.20.